The highest BCUT2D eigenvalue weighted by Gasteiger charge is 2.38. The van der Waals surface area contributed by atoms with Crippen LogP contribution >= 0.6 is 0 Å². The number of carbonyl (C=O) groups is 2. The number of aryl methyl sites for hydroxylation is 1. The topological polar surface area (TPSA) is 52.7 Å². The first-order valence-corrected chi connectivity index (χ1v) is 9.55. The number of imide groups is 1. The first-order chi connectivity index (χ1) is 12.2. The molecule has 1 atom stereocenters. The van der Waals surface area contributed by atoms with E-state index in [1.807, 2.05) is 6.92 Å². The number of urea groups is 1. The van der Waals surface area contributed by atoms with E-state index in [1.54, 1.807) is 0 Å². The van der Waals surface area contributed by atoms with Gasteiger partial charge in [-0.3, -0.25) is 9.69 Å². The van der Waals surface area contributed by atoms with Crippen LogP contribution in [0, 0.1) is 5.92 Å². The van der Waals surface area contributed by atoms with Gasteiger partial charge in [0.2, 0.25) is 0 Å². The predicted octanol–water partition coefficient (Wildman–Crippen LogP) is 3.01. The third kappa shape index (κ3) is 4.60. The fourth-order valence-electron chi connectivity index (χ4n) is 3.83. The molecule has 0 aliphatic carbocycles. The van der Waals surface area contributed by atoms with Gasteiger partial charge in [0.1, 0.15) is 6.04 Å². The molecule has 0 bridgehead atoms. The van der Waals surface area contributed by atoms with Crippen molar-refractivity contribution < 1.29 is 9.59 Å². The summed E-state index contributed by atoms with van der Waals surface area (Å²) in [5, 5.41) is 2.80. The zero-order chi connectivity index (χ0) is 17.6. The molecule has 3 rings (SSSR count). The van der Waals surface area contributed by atoms with Crippen molar-refractivity contribution in [1.29, 1.82) is 0 Å². The molecule has 2 fully saturated rings. The van der Waals surface area contributed by atoms with Gasteiger partial charge < -0.3 is 5.32 Å². The summed E-state index contributed by atoms with van der Waals surface area (Å²) in [6.45, 7) is 4.41. The first-order valence-electron chi connectivity index (χ1n) is 9.55. The molecule has 3 amide bonds. The third-order valence-corrected chi connectivity index (χ3v) is 5.42. The van der Waals surface area contributed by atoms with Crippen LogP contribution in [-0.4, -0.2) is 47.5 Å². The number of benzene rings is 1. The lowest BCUT2D eigenvalue weighted by Crippen LogP contribution is -2.45. The minimum absolute atomic E-state index is 0.0574. The Hall–Kier alpha value is -1.88. The van der Waals surface area contributed by atoms with Gasteiger partial charge in [-0.15, -0.1) is 0 Å². The molecule has 0 spiro atoms. The molecular weight excluding hydrogens is 314 g/mol. The Bertz CT molecular complexity index is 582. The van der Waals surface area contributed by atoms with Crippen molar-refractivity contribution in [2.24, 2.45) is 5.92 Å². The number of piperidine rings is 1. The standard InChI is InChI=1S/C20H29N3O2/c1-2-6-18-19(24)23(20(25)21-18)15-22-13-11-17(12-14-22)10-9-16-7-4-3-5-8-16/h3-5,7-8,17-18H,2,6,9-15H2,1H3,(H,21,25)/t18-/m1/s1. The second kappa shape index (κ2) is 8.48. The molecule has 1 aromatic rings. The maximum Gasteiger partial charge on any atom is 0.325 e. The van der Waals surface area contributed by atoms with Crippen molar-refractivity contribution in [1.82, 2.24) is 15.1 Å². The van der Waals surface area contributed by atoms with E-state index in [2.05, 4.69) is 40.5 Å². The van der Waals surface area contributed by atoms with Gasteiger partial charge in [0.15, 0.2) is 0 Å². The van der Waals surface area contributed by atoms with Crippen LogP contribution in [0.5, 0.6) is 0 Å². The number of hydrogen-bond acceptors (Lipinski definition) is 3. The Morgan fingerprint density at radius 1 is 1.08 bits per heavy atom. The van der Waals surface area contributed by atoms with Gasteiger partial charge in [-0.2, -0.15) is 0 Å². The molecule has 136 valence electrons. The molecule has 5 nitrogen and oxygen atoms in total. The Morgan fingerprint density at radius 2 is 1.80 bits per heavy atom. The van der Waals surface area contributed by atoms with Gasteiger partial charge in [-0.25, -0.2) is 9.69 Å². The van der Waals surface area contributed by atoms with E-state index in [-0.39, 0.29) is 18.0 Å². The fraction of sp³-hybridized carbons (Fsp3) is 0.600. The highest BCUT2D eigenvalue weighted by molar-refractivity contribution is 6.04. The predicted molar refractivity (Wildman–Crippen MR) is 98.0 cm³/mol. The minimum atomic E-state index is -0.319. The molecule has 2 aliphatic rings. The highest BCUT2D eigenvalue weighted by Crippen LogP contribution is 2.23. The van der Waals surface area contributed by atoms with E-state index < -0.39 is 0 Å². The molecule has 2 saturated heterocycles. The van der Waals surface area contributed by atoms with Crippen molar-refractivity contribution in [2.45, 2.75) is 51.5 Å². The zero-order valence-electron chi connectivity index (χ0n) is 15.1. The monoisotopic (exact) mass is 343 g/mol. The molecule has 1 aromatic carbocycles. The van der Waals surface area contributed by atoms with E-state index in [9.17, 15) is 9.59 Å². The molecule has 0 radical (unpaired) electrons. The maximum absolute atomic E-state index is 12.3. The molecule has 1 N–H and O–H groups in total. The van der Waals surface area contributed by atoms with Crippen molar-refractivity contribution in [3.05, 3.63) is 35.9 Å². The summed E-state index contributed by atoms with van der Waals surface area (Å²) in [7, 11) is 0. The van der Waals surface area contributed by atoms with Crippen LogP contribution in [0.4, 0.5) is 4.79 Å². The summed E-state index contributed by atoms with van der Waals surface area (Å²) in [6, 6.07) is 10.1. The summed E-state index contributed by atoms with van der Waals surface area (Å²) in [6.07, 6.45) is 6.28. The summed E-state index contributed by atoms with van der Waals surface area (Å²) in [5.41, 5.74) is 1.41. The normalized spacial score (nSPS) is 22.4. The van der Waals surface area contributed by atoms with Gasteiger partial charge in [0, 0.05) is 13.1 Å². The van der Waals surface area contributed by atoms with Crippen LogP contribution in [0.25, 0.3) is 0 Å². The quantitative estimate of drug-likeness (QED) is 0.774. The molecular formula is C20H29N3O2. The molecule has 5 heteroatoms. The van der Waals surface area contributed by atoms with Gasteiger partial charge in [0.25, 0.3) is 5.91 Å². The Kier molecular flexibility index (Phi) is 6.08. The summed E-state index contributed by atoms with van der Waals surface area (Å²) in [5.74, 6) is 0.686. The van der Waals surface area contributed by atoms with Gasteiger partial charge in [-0.1, -0.05) is 43.7 Å². The van der Waals surface area contributed by atoms with Crippen LogP contribution in [0.2, 0.25) is 0 Å². The fourth-order valence-corrected chi connectivity index (χ4v) is 3.83. The number of hydrogen-bond donors (Lipinski definition) is 1. The van der Waals surface area contributed by atoms with Crippen molar-refractivity contribution >= 4 is 11.9 Å². The second-order valence-corrected chi connectivity index (χ2v) is 7.28. The van der Waals surface area contributed by atoms with Gasteiger partial charge >= 0.3 is 6.03 Å². The molecule has 0 unspecified atom stereocenters. The first kappa shape index (κ1) is 17.9. The second-order valence-electron chi connectivity index (χ2n) is 7.28. The maximum atomic E-state index is 12.3. The van der Waals surface area contributed by atoms with E-state index in [0.717, 1.165) is 51.1 Å². The number of nitrogens with zero attached hydrogens (tertiary/aromatic N) is 2. The van der Waals surface area contributed by atoms with Crippen LogP contribution in [0.15, 0.2) is 30.3 Å². The molecule has 0 saturated carbocycles. The third-order valence-electron chi connectivity index (χ3n) is 5.42. The van der Waals surface area contributed by atoms with Crippen molar-refractivity contribution in [2.75, 3.05) is 19.8 Å². The summed E-state index contributed by atoms with van der Waals surface area (Å²) in [4.78, 5) is 28.0. The van der Waals surface area contributed by atoms with E-state index >= 15 is 0 Å². The van der Waals surface area contributed by atoms with Gasteiger partial charge in [-0.05, 0) is 43.6 Å². The number of likely N-dealkylation sites (tertiary alicyclic amines) is 1. The summed E-state index contributed by atoms with van der Waals surface area (Å²) < 4.78 is 0. The lowest BCUT2D eigenvalue weighted by atomic mass is 9.91. The van der Waals surface area contributed by atoms with Crippen LogP contribution in [0.1, 0.15) is 44.6 Å². The van der Waals surface area contributed by atoms with Crippen LogP contribution < -0.4 is 5.32 Å². The molecule has 0 aromatic heterocycles. The smallest absolute Gasteiger partial charge is 0.325 e. The Morgan fingerprint density at radius 3 is 2.48 bits per heavy atom. The molecule has 2 heterocycles. The van der Waals surface area contributed by atoms with E-state index in [4.69, 9.17) is 0 Å². The molecule has 25 heavy (non-hydrogen) atoms. The average Bonchev–Trinajstić information content (AvgIpc) is 2.90. The lowest BCUT2D eigenvalue weighted by Gasteiger charge is -2.33. The minimum Gasteiger partial charge on any atom is -0.326 e. The Balaban J connectivity index is 1.42. The number of amides is 3. The Labute approximate surface area is 150 Å². The lowest BCUT2D eigenvalue weighted by molar-refractivity contribution is -0.129. The van der Waals surface area contributed by atoms with Crippen molar-refractivity contribution in [3.8, 4) is 0 Å². The van der Waals surface area contributed by atoms with Crippen LogP contribution in [0.3, 0.4) is 0 Å². The highest BCUT2D eigenvalue weighted by atomic mass is 16.2. The van der Waals surface area contributed by atoms with E-state index in [1.165, 1.54) is 16.9 Å². The number of rotatable bonds is 7. The van der Waals surface area contributed by atoms with E-state index in [0.29, 0.717) is 6.67 Å². The largest absolute Gasteiger partial charge is 0.326 e. The van der Waals surface area contributed by atoms with Crippen LogP contribution in [-0.2, 0) is 11.2 Å². The SMILES string of the molecule is CCC[C@H]1NC(=O)N(CN2CCC(CCc3ccccc3)CC2)C1=O. The number of carbonyl (C=O) groups excluding carboxylic acids is 2. The van der Waals surface area contributed by atoms with Gasteiger partial charge in [0.05, 0.1) is 6.67 Å². The number of nitrogens with one attached hydrogen (secondary N) is 1. The average molecular weight is 343 g/mol. The zero-order valence-corrected chi connectivity index (χ0v) is 15.1. The molecule has 2 aliphatic heterocycles. The van der Waals surface area contributed by atoms with Crippen molar-refractivity contribution in [3.63, 3.8) is 0 Å². The summed E-state index contributed by atoms with van der Waals surface area (Å²) >= 11 is 0.